The average Bonchev–Trinajstić information content (AvgIpc) is 1.50. The number of benzene rings is 10. The highest BCUT2D eigenvalue weighted by Gasteiger charge is 2.54. The normalized spacial score (nSPS) is 14.1. The van der Waals surface area contributed by atoms with Crippen LogP contribution in [0.1, 0.15) is 128 Å². The van der Waals surface area contributed by atoms with Crippen molar-refractivity contribution in [2.75, 3.05) is 16.5 Å². The van der Waals surface area contributed by atoms with Gasteiger partial charge in [-0.2, -0.15) is 0 Å². The quantitative estimate of drug-likeness (QED) is 0.152. The van der Waals surface area contributed by atoms with E-state index in [-0.39, 0.29) is 21.7 Å². The predicted octanol–water partition coefficient (Wildman–Crippen LogP) is 22.4. The molecule has 10 aromatic carbocycles. The first-order chi connectivity index (χ1) is 42.7. The van der Waals surface area contributed by atoms with Gasteiger partial charge in [-0.05, 0) is 137 Å². The number of nitrogens with zero attached hydrogens (tertiary/aromatic N) is 4. The zero-order chi connectivity index (χ0) is 61.5. The molecule has 12 aromatic rings. The lowest BCUT2D eigenvalue weighted by Gasteiger charge is -2.32. The Labute approximate surface area is 525 Å². The van der Waals surface area contributed by atoms with Gasteiger partial charge in [-0.1, -0.05) is 253 Å². The highest BCUT2D eigenvalue weighted by atomic mass is 16.5. The minimum Gasteiger partial charge on any atom is -0.457 e. The van der Waals surface area contributed by atoms with Gasteiger partial charge in [0.1, 0.15) is 24.0 Å². The van der Waals surface area contributed by atoms with Crippen molar-refractivity contribution in [3.05, 3.63) is 275 Å². The van der Waals surface area contributed by atoms with Gasteiger partial charge in [-0.15, -0.1) is 0 Å². The maximum absolute atomic E-state index is 7.85. The van der Waals surface area contributed by atoms with Crippen LogP contribution in [0, 0.1) is 5.41 Å². The fourth-order valence-corrected chi connectivity index (χ4v) is 14.9. The summed E-state index contributed by atoms with van der Waals surface area (Å²) < 4.78 is 10.2. The smallest absolute Gasteiger partial charge is 0.137 e. The summed E-state index contributed by atoms with van der Waals surface area (Å²) >= 11 is 0. The topological polar surface area (TPSA) is 33.5 Å². The van der Waals surface area contributed by atoms with Gasteiger partial charge in [-0.3, -0.25) is 4.57 Å². The van der Waals surface area contributed by atoms with Crippen LogP contribution in [0.15, 0.2) is 231 Å². The SMILES string of the molecule is CC(C)(C)Cc1ccccc1-c1cccc(-c2cc(C(C)(C)C)cc(C(C)(C)C)c2)c1N1CN(c2cccc(Oc3cc4c(c5c3C3(c6ccccc6-c6ccccc63)c3ccccc3-5)c3ccccc3n4-c3cc(C(C)(C)C)ccn3)c2)c2ccccc21. The minimum atomic E-state index is -0.682. The van der Waals surface area contributed by atoms with Gasteiger partial charge >= 0.3 is 0 Å². The molecule has 15 rings (SSSR count). The molecule has 89 heavy (non-hydrogen) atoms. The van der Waals surface area contributed by atoms with Gasteiger partial charge < -0.3 is 14.5 Å². The van der Waals surface area contributed by atoms with Gasteiger partial charge in [0, 0.05) is 57.0 Å². The fraction of sp³-hybridized carbons (Fsp3) is 0.226. The van der Waals surface area contributed by atoms with E-state index in [0.717, 1.165) is 57.4 Å². The third kappa shape index (κ3) is 9.05. The molecule has 0 amide bonds. The number of hydrogen-bond donors (Lipinski definition) is 0. The summed E-state index contributed by atoms with van der Waals surface area (Å²) in [5.41, 5.74) is 25.9. The molecule has 2 aromatic heterocycles. The van der Waals surface area contributed by atoms with Crippen LogP contribution in [-0.4, -0.2) is 16.2 Å². The van der Waals surface area contributed by atoms with Crippen molar-refractivity contribution in [3.63, 3.8) is 0 Å². The molecule has 1 spiro atoms. The first-order valence-corrected chi connectivity index (χ1v) is 31.8. The Kier molecular flexibility index (Phi) is 12.8. The highest BCUT2D eigenvalue weighted by molar-refractivity contribution is 6.20. The molecule has 0 saturated carbocycles. The van der Waals surface area contributed by atoms with Crippen LogP contribution in [-0.2, 0) is 28.1 Å². The average molecular weight is 1160 g/mol. The molecule has 5 nitrogen and oxygen atoms in total. The minimum absolute atomic E-state index is 0.0621. The lowest BCUT2D eigenvalue weighted by molar-refractivity contribution is 0.412. The van der Waals surface area contributed by atoms with Crippen LogP contribution in [0.4, 0.5) is 22.7 Å². The van der Waals surface area contributed by atoms with Crippen molar-refractivity contribution >= 4 is 44.6 Å². The van der Waals surface area contributed by atoms with E-state index < -0.39 is 5.41 Å². The predicted molar refractivity (Wildman–Crippen MR) is 374 cm³/mol. The Morgan fingerprint density at radius 3 is 1.66 bits per heavy atom. The van der Waals surface area contributed by atoms with Crippen molar-refractivity contribution in [3.8, 4) is 61.8 Å². The first-order valence-electron chi connectivity index (χ1n) is 31.8. The standard InChI is InChI=1S/C84H78N4O/c1-80(2,3)51-53-27-13-14-30-60(53)64-36-26-35-61(54-45-56(82(7,8)9)47-57(46-54)83(10,11)12)79(64)87-52-86(71-41-23-24-42-72(71)87)58-28-25-29-59(49-58)89-74-50-73-76(66-34-18-22-40-70(66)88(73)75-48-55(43-44-85-75)81(4,5)6)77-65-33-17-21-39-69(65)84(78(74)77)67-37-19-15-31-62(67)63-32-16-20-38-68(63)84/h13-50H,51-52H2,1-12H3. The maximum Gasteiger partial charge on any atom is 0.137 e. The third-order valence-corrected chi connectivity index (χ3v) is 19.1. The van der Waals surface area contributed by atoms with Gasteiger partial charge in [0.2, 0.25) is 0 Å². The Bertz CT molecular complexity index is 4760. The van der Waals surface area contributed by atoms with E-state index in [1.165, 1.54) is 99.9 Å². The Balaban J connectivity index is 0.939. The molecule has 2 aliphatic carbocycles. The van der Waals surface area contributed by atoms with E-state index in [1.54, 1.807) is 0 Å². The van der Waals surface area contributed by atoms with Gasteiger partial charge in [-0.25, -0.2) is 4.98 Å². The summed E-state index contributed by atoms with van der Waals surface area (Å²) in [6.45, 7) is 28.5. The third-order valence-electron chi connectivity index (χ3n) is 19.1. The van der Waals surface area contributed by atoms with Gasteiger partial charge in [0.25, 0.3) is 0 Å². The zero-order valence-electron chi connectivity index (χ0n) is 53.6. The summed E-state index contributed by atoms with van der Waals surface area (Å²) in [5.74, 6) is 2.45. The molecule has 3 heterocycles. The molecule has 440 valence electrons. The molecule has 0 N–H and O–H groups in total. The van der Waals surface area contributed by atoms with E-state index >= 15 is 0 Å². The molecule has 0 atom stereocenters. The second kappa shape index (κ2) is 20.3. The lowest BCUT2D eigenvalue weighted by Crippen LogP contribution is -2.26. The van der Waals surface area contributed by atoms with Gasteiger partial charge in [0.05, 0.1) is 33.5 Å². The monoisotopic (exact) mass is 1160 g/mol. The van der Waals surface area contributed by atoms with Crippen LogP contribution < -0.4 is 14.5 Å². The summed E-state index contributed by atoms with van der Waals surface area (Å²) in [4.78, 5) is 10.2. The van der Waals surface area contributed by atoms with Crippen molar-refractivity contribution in [1.82, 2.24) is 9.55 Å². The summed E-state index contributed by atoms with van der Waals surface area (Å²) in [5, 5.41) is 2.37. The van der Waals surface area contributed by atoms with Crippen molar-refractivity contribution in [1.29, 1.82) is 0 Å². The van der Waals surface area contributed by atoms with E-state index in [4.69, 9.17) is 9.72 Å². The molecule has 0 radical (unpaired) electrons. The molecule has 0 unspecified atom stereocenters. The molecule has 3 aliphatic rings. The molecule has 0 bridgehead atoms. The second-order valence-electron chi connectivity index (χ2n) is 29.4. The van der Waals surface area contributed by atoms with Gasteiger partial charge in [0.15, 0.2) is 0 Å². The number of ether oxygens (including phenoxy) is 1. The Hall–Kier alpha value is -9.45. The number of hydrogen-bond acceptors (Lipinski definition) is 4. The number of anilines is 4. The van der Waals surface area contributed by atoms with Crippen LogP contribution >= 0.6 is 0 Å². The van der Waals surface area contributed by atoms with Crippen LogP contribution in [0.2, 0.25) is 0 Å². The van der Waals surface area contributed by atoms with E-state index in [9.17, 15) is 0 Å². The number of rotatable bonds is 8. The van der Waals surface area contributed by atoms with Crippen LogP contribution in [0.25, 0.3) is 72.1 Å². The highest BCUT2D eigenvalue weighted by Crippen LogP contribution is 2.67. The van der Waals surface area contributed by atoms with E-state index in [1.807, 2.05) is 6.20 Å². The van der Waals surface area contributed by atoms with E-state index in [0.29, 0.717) is 6.67 Å². The largest absolute Gasteiger partial charge is 0.457 e. The zero-order valence-corrected chi connectivity index (χ0v) is 53.6. The molecule has 0 saturated heterocycles. The van der Waals surface area contributed by atoms with Crippen molar-refractivity contribution in [2.45, 2.75) is 111 Å². The second-order valence-corrected chi connectivity index (χ2v) is 29.4. The molecule has 5 heteroatoms. The summed E-state index contributed by atoms with van der Waals surface area (Å²) in [6.07, 6.45) is 2.92. The molecular weight excluding hydrogens is 1080 g/mol. The van der Waals surface area contributed by atoms with Crippen LogP contribution in [0.5, 0.6) is 11.5 Å². The van der Waals surface area contributed by atoms with Crippen LogP contribution in [0.3, 0.4) is 0 Å². The molecular formula is C84H78N4O. The van der Waals surface area contributed by atoms with Crippen molar-refractivity contribution < 1.29 is 4.74 Å². The lowest BCUT2D eigenvalue weighted by atomic mass is 9.70. The maximum atomic E-state index is 7.85. The van der Waals surface area contributed by atoms with Crippen molar-refractivity contribution in [2.24, 2.45) is 5.41 Å². The Morgan fingerprint density at radius 2 is 1.00 bits per heavy atom. The Morgan fingerprint density at radius 1 is 0.449 bits per heavy atom. The number of pyridine rings is 1. The summed E-state index contributed by atoms with van der Waals surface area (Å²) in [6, 6.07) is 84.2. The summed E-state index contributed by atoms with van der Waals surface area (Å²) in [7, 11) is 0. The fourth-order valence-electron chi connectivity index (χ4n) is 14.9. The molecule has 1 aliphatic heterocycles. The number of fused-ring (bicyclic) bond motifs is 15. The number of para-hydroxylation sites is 4. The number of aromatic nitrogens is 2. The van der Waals surface area contributed by atoms with E-state index in [2.05, 4.69) is 322 Å². The first kappa shape index (κ1) is 56.1. The molecule has 0 fully saturated rings.